The number of benzene rings is 2. The molecule has 0 atom stereocenters. The molecule has 94 valence electrons. The van der Waals surface area contributed by atoms with Gasteiger partial charge in [-0.3, -0.25) is 4.79 Å². The summed E-state index contributed by atoms with van der Waals surface area (Å²) in [5.74, 6) is 0.0112. The van der Waals surface area contributed by atoms with E-state index in [1.54, 1.807) is 36.4 Å². The van der Waals surface area contributed by atoms with E-state index < -0.39 is 0 Å². The highest BCUT2D eigenvalue weighted by Crippen LogP contribution is 2.33. The summed E-state index contributed by atoms with van der Waals surface area (Å²) >= 11 is 3.30. The summed E-state index contributed by atoms with van der Waals surface area (Å²) in [6.07, 6.45) is 1.42. The summed E-state index contributed by atoms with van der Waals surface area (Å²) in [5.41, 5.74) is 0.815. The fourth-order valence-electron chi connectivity index (χ4n) is 1.89. The van der Waals surface area contributed by atoms with Crippen molar-refractivity contribution in [3.8, 4) is 5.75 Å². The van der Waals surface area contributed by atoms with Gasteiger partial charge in [-0.05, 0) is 30.3 Å². The Bertz CT molecular complexity index is 707. The minimum Gasteiger partial charge on any atom is -0.452 e. The number of fused-ring (bicyclic) bond motifs is 1. The zero-order chi connectivity index (χ0) is 13.4. The van der Waals surface area contributed by atoms with E-state index >= 15 is 0 Å². The van der Waals surface area contributed by atoms with Crippen LogP contribution in [0.5, 0.6) is 5.75 Å². The molecule has 0 bridgehead atoms. The molecule has 0 fully saturated rings. The Labute approximate surface area is 117 Å². The van der Waals surface area contributed by atoms with E-state index in [0.29, 0.717) is 16.9 Å². The summed E-state index contributed by atoms with van der Waals surface area (Å²) in [5, 5.41) is 0. The van der Waals surface area contributed by atoms with Gasteiger partial charge in [-0.1, -0.05) is 34.1 Å². The maximum absolute atomic E-state index is 13.5. The highest BCUT2D eigenvalue weighted by Gasteiger charge is 2.27. The van der Waals surface area contributed by atoms with E-state index in [2.05, 4.69) is 15.9 Å². The molecule has 0 radical (unpaired) electrons. The second kappa shape index (κ2) is 4.63. The van der Waals surface area contributed by atoms with Gasteiger partial charge in [-0.15, -0.1) is 0 Å². The van der Waals surface area contributed by atoms with Crippen molar-refractivity contribution in [1.82, 2.24) is 0 Å². The van der Waals surface area contributed by atoms with Crippen LogP contribution in [0.4, 0.5) is 4.39 Å². The number of hydrogen-bond donors (Lipinski definition) is 0. The molecule has 19 heavy (non-hydrogen) atoms. The third-order valence-corrected chi connectivity index (χ3v) is 3.32. The Morgan fingerprint density at radius 3 is 2.74 bits per heavy atom. The largest absolute Gasteiger partial charge is 0.452 e. The van der Waals surface area contributed by atoms with Gasteiger partial charge in [-0.2, -0.15) is 0 Å². The molecule has 2 aromatic carbocycles. The molecule has 0 aliphatic carbocycles. The number of ether oxygens (including phenoxy) is 1. The molecular formula is C15H8BrFO2. The average Bonchev–Trinajstić information content (AvgIpc) is 2.70. The lowest BCUT2D eigenvalue weighted by molar-refractivity contribution is 0.101. The highest BCUT2D eigenvalue weighted by atomic mass is 79.9. The Balaban J connectivity index is 2.03. The van der Waals surface area contributed by atoms with E-state index in [0.717, 1.165) is 4.47 Å². The quantitative estimate of drug-likeness (QED) is 0.736. The predicted octanol–water partition coefficient (Wildman–Crippen LogP) is 4.20. The van der Waals surface area contributed by atoms with Crippen molar-refractivity contribution in [2.24, 2.45) is 0 Å². The van der Waals surface area contributed by atoms with Gasteiger partial charge >= 0.3 is 0 Å². The molecule has 0 N–H and O–H groups in total. The topological polar surface area (TPSA) is 26.3 Å². The van der Waals surface area contributed by atoms with E-state index in [1.165, 1.54) is 12.1 Å². The van der Waals surface area contributed by atoms with Crippen molar-refractivity contribution >= 4 is 27.8 Å². The lowest BCUT2D eigenvalue weighted by atomic mass is 10.1. The summed E-state index contributed by atoms with van der Waals surface area (Å²) in [6.45, 7) is 0. The van der Waals surface area contributed by atoms with Crippen molar-refractivity contribution in [3.05, 3.63) is 69.6 Å². The average molecular weight is 319 g/mol. The van der Waals surface area contributed by atoms with Crippen LogP contribution < -0.4 is 4.74 Å². The maximum Gasteiger partial charge on any atom is 0.232 e. The van der Waals surface area contributed by atoms with Gasteiger partial charge in [0.1, 0.15) is 11.6 Å². The van der Waals surface area contributed by atoms with Gasteiger partial charge in [0.15, 0.2) is 5.76 Å². The minimum absolute atomic E-state index is 0.137. The monoisotopic (exact) mass is 318 g/mol. The van der Waals surface area contributed by atoms with Crippen LogP contribution in [0.2, 0.25) is 0 Å². The zero-order valence-corrected chi connectivity index (χ0v) is 11.3. The Hall–Kier alpha value is -1.94. The van der Waals surface area contributed by atoms with Gasteiger partial charge < -0.3 is 4.74 Å². The predicted molar refractivity (Wildman–Crippen MR) is 73.5 cm³/mol. The van der Waals surface area contributed by atoms with E-state index in [-0.39, 0.29) is 17.4 Å². The van der Waals surface area contributed by atoms with Crippen LogP contribution in [-0.2, 0) is 0 Å². The number of carbonyl (C=O) groups excluding carboxylic acids is 1. The smallest absolute Gasteiger partial charge is 0.232 e. The lowest BCUT2D eigenvalue weighted by Crippen LogP contribution is -1.98. The fourth-order valence-corrected chi connectivity index (χ4v) is 2.26. The summed E-state index contributed by atoms with van der Waals surface area (Å²) in [4.78, 5) is 12.1. The number of ketones is 1. The second-order valence-corrected chi connectivity index (χ2v) is 5.02. The first-order valence-electron chi connectivity index (χ1n) is 5.63. The van der Waals surface area contributed by atoms with Crippen LogP contribution in [0, 0.1) is 5.82 Å². The normalized spacial score (nSPS) is 15.5. The van der Waals surface area contributed by atoms with Crippen LogP contribution in [0.3, 0.4) is 0 Å². The standard InChI is InChI=1S/C15H8BrFO2/c16-10-5-6-13-11(8-10)15(18)14(19-13)7-9-3-1-2-4-12(9)17/h1-8H/b14-7-. The molecule has 0 aromatic heterocycles. The Morgan fingerprint density at radius 2 is 1.95 bits per heavy atom. The summed E-state index contributed by atoms with van der Waals surface area (Å²) in [6, 6.07) is 11.4. The van der Waals surface area contributed by atoms with Crippen molar-refractivity contribution in [2.45, 2.75) is 0 Å². The van der Waals surface area contributed by atoms with Crippen LogP contribution in [0.15, 0.2) is 52.7 Å². The van der Waals surface area contributed by atoms with E-state index in [4.69, 9.17) is 4.74 Å². The number of rotatable bonds is 1. The molecule has 1 aliphatic heterocycles. The van der Waals surface area contributed by atoms with Gasteiger partial charge in [-0.25, -0.2) is 4.39 Å². The molecule has 0 amide bonds. The molecule has 2 nitrogen and oxygen atoms in total. The van der Waals surface area contributed by atoms with Crippen molar-refractivity contribution in [1.29, 1.82) is 0 Å². The number of Topliss-reactive ketones (excluding diaryl/α,β-unsaturated/α-hetero) is 1. The number of hydrogen-bond acceptors (Lipinski definition) is 2. The van der Waals surface area contributed by atoms with E-state index in [1.807, 2.05) is 0 Å². The third kappa shape index (κ3) is 2.19. The molecule has 0 saturated heterocycles. The van der Waals surface area contributed by atoms with Crippen LogP contribution in [0.25, 0.3) is 6.08 Å². The molecule has 4 heteroatoms. The second-order valence-electron chi connectivity index (χ2n) is 4.10. The van der Waals surface area contributed by atoms with Gasteiger partial charge in [0.05, 0.1) is 5.56 Å². The first kappa shape index (κ1) is 12.1. The molecular weight excluding hydrogens is 311 g/mol. The highest BCUT2D eigenvalue weighted by molar-refractivity contribution is 9.10. The molecule has 0 saturated carbocycles. The molecule has 3 rings (SSSR count). The van der Waals surface area contributed by atoms with Gasteiger partial charge in [0.25, 0.3) is 0 Å². The molecule has 2 aromatic rings. The third-order valence-electron chi connectivity index (χ3n) is 2.82. The first-order valence-corrected chi connectivity index (χ1v) is 6.43. The Kier molecular flexibility index (Phi) is 2.95. The number of allylic oxidation sites excluding steroid dienone is 1. The van der Waals surface area contributed by atoms with E-state index in [9.17, 15) is 9.18 Å². The van der Waals surface area contributed by atoms with Gasteiger partial charge in [0, 0.05) is 10.0 Å². The molecule has 1 aliphatic rings. The molecule has 0 spiro atoms. The summed E-state index contributed by atoms with van der Waals surface area (Å²) < 4.78 is 19.8. The van der Waals surface area contributed by atoms with Crippen LogP contribution in [0.1, 0.15) is 15.9 Å². The van der Waals surface area contributed by atoms with Crippen LogP contribution in [-0.4, -0.2) is 5.78 Å². The Morgan fingerprint density at radius 1 is 1.16 bits per heavy atom. The van der Waals surface area contributed by atoms with Crippen LogP contribution >= 0.6 is 15.9 Å². The first-order chi connectivity index (χ1) is 9.15. The minimum atomic E-state index is -0.386. The number of carbonyl (C=O) groups is 1. The van der Waals surface area contributed by atoms with Gasteiger partial charge in [0.2, 0.25) is 5.78 Å². The van der Waals surface area contributed by atoms with Crippen molar-refractivity contribution < 1.29 is 13.9 Å². The number of halogens is 2. The van der Waals surface area contributed by atoms with Crippen molar-refractivity contribution in [3.63, 3.8) is 0 Å². The van der Waals surface area contributed by atoms with Crippen molar-refractivity contribution in [2.75, 3.05) is 0 Å². The molecule has 1 heterocycles. The fraction of sp³-hybridized carbons (Fsp3) is 0. The SMILES string of the molecule is O=C1/C(=C/c2ccccc2F)Oc2ccc(Br)cc21. The lowest BCUT2D eigenvalue weighted by Gasteiger charge is -1.99. The zero-order valence-electron chi connectivity index (χ0n) is 9.69. The summed E-state index contributed by atoms with van der Waals surface area (Å²) in [7, 11) is 0. The maximum atomic E-state index is 13.5. The molecule has 0 unspecified atom stereocenters.